The molecule has 0 heterocycles. The smallest absolute Gasteiger partial charge is 0.238 e. The molecule has 0 amide bonds. The van der Waals surface area contributed by atoms with Gasteiger partial charge in [-0.1, -0.05) is 30.3 Å². The predicted molar refractivity (Wildman–Crippen MR) is 132 cm³/mol. The Hall–Kier alpha value is -2.17. The molecule has 0 bridgehead atoms. The molecule has 0 unspecified atom stereocenters. The van der Waals surface area contributed by atoms with Crippen LogP contribution in [0, 0.1) is 5.82 Å². The third-order valence-electron chi connectivity index (χ3n) is 4.79. The fraction of sp³-hybridized carbons (Fsp3) is 0.217. The monoisotopic (exact) mass is 558 g/mol. The number of sulfonamides is 1. The van der Waals surface area contributed by atoms with Crippen molar-refractivity contribution in [3.63, 3.8) is 0 Å². The first-order valence-electron chi connectivity index (χ1n) is 9.83. The first-order chi connectivity index (χ1) is 15.3. The van der Waals surface area contributed by atoms with Gasteiger partial charge in [0.05, 0.1) is 16.5 Å². The summed E-state index contributed by atoms with van der Waals surface area (Å²) in [5.41, 5.74) is 2.45. The van der Waals surface area contributed by atoms with Crippen molar-refractivity contribution in [1.29, 1.82) is 0 Å². The van der Waals surface area contributed by atoms with Gasteiger partial charge < -0.3 is 14.8 Å². The Morgan fingerprint density at radius 2 is 1.76 bits per heavy atom. The standard InChI is InChI=1S/C23H24BrFN2O4S.ClH/c1-30-22-13-17(12-20(24)23(22)31-15-18-4-2-3-5-21(18)25)14-27-11-10-16-6-8-19(9-7-16)32(26,28)29;/h2-9,12-13,27H,10-11,14-15H2,1H3,(H2,26,28,29);1H. The predicted octanol–water partition coefficient (Wildman–Crippen LogP) is 4.58. The van der Waals surface area contributed by atoms with Gasteiger partial charge in [0.2, 0.25) is 10.0 Å². The number of ether oxygens (including phenoxy) is 2. The number of nitrogens with one attached hydrogen (secondary N) is 1. The molecule has 0 aliphatic rings. The second kappa shape index (κ2) is 12.3. The van der Waals surface area contributed by atoms with E-state index in [2.05, 4.69) is 21.2 Å². The largest absolute Gasteiger partial charge is 0.493 e. The molecule has 178 valence electrons. The Bertz CT molecular complexity index is 1180. The molecule has 6 nitrogen and oxygen atoms in total. The van der Waals surface area contributed by atoms with Crippen LogP contribution in [-0.4, -0.2) is 22.1 Å². The van der Waals surface area contributed by atoms with Crippen LogP contribution in [0.15, 0.2) is 70.0 Å². The van der Waals surface area contributed by atoms with E-state index in [0.717, 1.165) is 17.5 Å². The van der Waals surface area contributed by atoms with Gasteiger partial charge in [-0.25, -0.2) is 17.9 Å². The zero-order valence-corrected chi connectivity index (χ0v) is 21.1. The highest BCUT2D eigenvalue weighted by molar-refractivity contribution is 9.10. The van der Waals surface area contributed by atoms with Crippen LogP contribution in [0.2, 0.25) is 0 Å². The number of rotatable bonds is 10. The highest BCUT2D eigenvalue weighted by Gasteiger charge is 2.13. The van der Waals surface area contributed by atoms with Crippen molar-refractivity contribution in [2.75, 3.05) is 13.7 Å². The van der Waals surface area contributed by atoms with Crippen molar-refractivity contribution < 1.29 is 22.3 Å². The van der Waals surface area contributed by atoms with E-state index in [0.29, 0.717) is 34.6 Å². The van der Waals surface area contributed by atoms with Crippen molar-refractivity contribution in [2.45, 2.75) is 24.5 Å². The highest BCUT2D eigenvalue weighted by Crippen LogP contribution is 2.37. The molecule has 0 fully saturated rings. The van der Waals surface area contributed by atoms with Crippen LogP contribution in [0.25, 0.3) is 0 Å². The number of halogens is 3. The molecule has 0 atom stereocenters. The molecule has 33 heavy (non-hydrogen) atoms. The molecular formula is C23H25BrClFN2O4S. The minimum atomic E-state index is -3.68. The van der Waals surface area contributed by atoms with E-state index in [9.17, 15) is 12.8 Å². The molecule has 3 N–H and O–H groups in total. The summed E-state index contributed by atoms with van der Waals surface area (Å²) in [6.45, 7) is 1.38. The molecule has 3 rings (SSSR count). The maximum absolute atomic E-state index is 13.8. The molecule has 0 aromatic heterocycles. The van der Waals surface area contributed by atoms with Gasteiger partial charge >= 0.3 is 0 Å². The van der Waals surface area contributed by atoms with Crippen LogP contribution in [-0.2, 0) is 29.6 Å². The van der Waals surface area contributed by atoms with Crippen LogP contribution < -0.4 is 19.9 Å². The maximum atomic E-state index is 13.8. The first-order valence-corrected chi connectivity index (χ1v) is 12.2. The molecule has 0 radical (unpaired) electrons. The second-order valence-electron chi connectivity index (χ2n) is 7.10. The lowest BCUT2D eigenvalue weighted by molar-refractivity contribution is 0.277. The highest BCUT2D eigenvalue weighted by atomic mass is 79.9. The zero-order valence-electron chi connectivity index (χ0n) is 17.9. The zero-order chi connectivity index (χ0) is 23.1. The number of nitrogens with two attached hydrogens (primary N) is 1. The third-order valence-corrected chi connectivity index (χ3v) is 6.31. The Balaban J connectivity index is 0.00000385. The normalized spacial score (nSPS) is 11.0. The van der Waals surface area contributed by atoms with Crippen LogP contribution in [0.1, 0.15) is 16.7 Å². The van der Waals surface area contributed by atoms with Gasteiger partial charge in [-0.15, -0.1) is 12.4 Å². The van der Waals surface area contributed by atoms with Crippen molar-refractivity contribution in [2.24, 2.45) is 5.14 Å². The van der Waals surface area contributed by atoms with E-state index in [1.54, 1.807) is 37.4 Å². The van der Waals surface area contributed by atoms with E-state index >= 15 is 0 Å². The van der Waals surface area contributed by atoms with Crippen LogP contribution in [0.4, 0.5) is 4.39 Å². The van der Waals surface area contributed by atoms with Crippen LogP contribution in [0.5, 0.6) is 11.5 Å². The Labute approximate surface area is 207 Å². The van der Waals surface area contributed by atoms with Crippen LogP contribution >= 0.6 is 28.3 Å². The Morgan fingerprint density at radius 3 is 2.39 bits per heavy atom. The molecule has 0 aliphatic heterocycles. The molecule has 0 aliphatic carbocycles. The summed E-state index contributed by atoms with van der Waals surface area (Å²) >= 11 is 3.51. The summed E-state index contributed by atoms with van der Waals surface area (Å²) < 4.78 is 48.5. The molecule has 0 spiro atoms. The molecular weight excluding hydrogens is 535 g/mol. The number of hydrogen-bond donors (Lipinski definition) is 2. The van der Waals surface area contributed by atoms with E-state index in [4.69, 9.17) is 14.6 Å². The number of primary sulfonamides is 1. The SMILES string of the molecule is COc1cc(CNCCc2ccc(S(N)(=O)=O)cc2)cc(Br)c1OCc1ccccc1F.Cl. The van der Waals surface area contributed by atoms with E-state index < -0.39 is 10.0 Å². The average Bonchev–Trinajstić information content (AvgIpc) is 2.76. The van der Waals surface area contributed by atoms with Crippen LogP contribution in [0.3, 0.4) is 0 Å². The quantitative estimate of drug-likeness (QED) is 0.355. The fourth-order valence-electron chi connectivity index (χ4n) is 3.09. The summed E-state index contributed by atoms with van der Waals surface area (Å²) in [6, 6.07) is 16.8. The first kappa shape index (κ1) is 27.1. The van der Waals surface area contributed by atoms with Crippen molar-refractivity contribution in [3.8, 4) is 11.5 Å². The van der Waals surface area contributed by atoms with Gasteiger partial charge in [0.25, 0.3) is 0 Å². The summed E-state index contributed by atoms with van der Waals surface area (Å²) in [5.74, 6) is 0.739. The maximum Gasteiger partial charge on any atom is 0.238 e. The van der Waals surface area contributed by atoms with Crippen molar-refractivity contribution in [3.05, 3.63) is 87.6 Å². The van der Waals surface area contributed by atoms with Crippen molar-refractivity contribution >= 4 is 38.4 Å². The number of hydrogen-bond acceptors (Lipinski definition) is 5. The summed E-state index contributed by atoms with van der Waals surface area (Å²) in [4.78, 5) is 0.100. The van der Waals surface area contributed by atoms with Gasteiger partial charge in [0.1, 0.15) is 12.4 Å². The van der Waals surface area contributed by atoms with E-state index in [-0.39, 0.29) is 29.7 Å². The van der Waals surface area contributed by atoms with Crippen molar-refractivity contribution in [1.82, 2.24) is 5.32 Å². The Kier molecular flexibility index (Phi) is 10.1. The topological polar surface area (TPSA) is 90.6 Å². The van der Waals surface area contributed by atoms with Gasteiger partial charge in [-0.2, -0.15) is 0 Å². The summed E-state index contributed by atoms with van der Waals surface area (Å²) in [7, 11) is -2.12. The fourth-order valence-corrected chi connectivity index (χ4v) is 4.21. The lowest BCUT2D eigenvalue weighted by Gasteiger charge is -2.15. The molecule has 0 saturated carbocycles. The third kappa shape index (κ3) is 7.68. The minimum Gasteiger partial charge on any atom is -0.493 e. The molecule has 3 aromatic rings. The molecule has 10 heteroatoms. The minimum absolute atomic E-state index is 0. The van der Waals surface area contributed by atoms with E-state index in [1.807, 2.05) is 12.1 Å². The van der Waals surface area contributed by atoms with Gasteiger partial charge in [0, 0.05) is 12.1 Å². The second-order valence-corrected chi connectivity index (χ2v) is 9.52. The summed E-state index contributed by atoms with van der Waals surface area (Å²) in [6.07, 6.45) is 0.729. The Morgan fingerprint density at radius 1 is 1.06 bits per heavy atom. The summed E-state index contributed by atoms with van der Waals surface area (Å²) in [5, 5.41) is 8.46. The molecule has 0 saturated heterocycles. The lowest BCUT2D eigenvalue weighted by Crippen LogP contribution is -2.17. The van der Waals surface area contributed by atoms with Gasteiger partial charge in [-0.3, -0.25) is 0 Å². The lowest BCUT2D eigenvalue weighted by atomic mass is 10.1. The van der Waals surface area contributed by atoms with Gasteiger partial charge in [0.15, 0.2) is 11.5 Å². The van der Waals surface area contributed by atoms with E-state index in [1.165, 1.54) is 18.2 Å². The average molecular weight is 560 g/mol. The molecule has 3 aromatic carbocycles. The van der Waals surface area contributed by atoms with Gasteiger partial charge in [-0.05, 0) is 70.4 Å². The number of methoxy groups -OCH3 is 1. The number of benzene rings is 3.